The zero-order valence-electron chi connectivity index (χ0n) is 9.91. The molecule has 0 heterocycles. The van der Waals surface area contributed by atoms with E-state index in [4.69, 9.17) is 0 Å². The van der Waals surface area contributed by atoms with Crippen LogP contribution in [0.25, 0.3) is 0 Å². The number of halogens is 4. The Balaban J connectivity index is 2.13. The molecule has 3 aliphatic rings. The van der Waals surface area contributed by atoms with Crippen LogP contribution in [0.5, 0.6) is 0 Å². The van der Waals surface area contributed by atoms with E-state index in [1.54, 1.807) is 11.1 Å². The first kappa shape index (κ1) is 15.3. The normalized spacial score (nSPS) is 24.8. The molecule has 0 aliphatic heterocycles. The third-order valence-corrected chi connectivity index (χ3v) is 6.18. The Kier molecular flexibility index (Phi) is 5.00. The van der Waals surface area contributed by atoms with Crippen molar-refractivity contribution in [3.8, 4) is 0 Å². The van der Waals surface area contributed by atoms with Gasteiger partial charge in [-0.15, -0.1) is 1.00 Å². The van der Waals surface area contributed by atoms with Crippen LogP contribution in [-0.2, 0) is 0 Å². The van der Waals surface area contributed by atoms with Gasteiger partial charge in [0.05, 0.1) is 52.1 Å². The first-order chi connectivity index (χ1) is 9.06. The van der Waals surface area contributed by atoms with Crippen LogP contribution in [-0.4, -0.2) is 8.04 Å². The van der Waals surface area contributed by atoms with Gasteiger partial charge in [0.25, 0.3) is 0 Å². The summed E-state index contributed by atoms with van der Waals surface area (Å²) in [6.45, 7) is 0. The summed E-state index contributed by atoms with van der Waals surface area (Å²) in [5.41, 5.74) is 7.42. The molecule has 6 heteroatoms. The van der Waals surface area contributed by atoms with Crippen LogP contribution < -0.4 is 0 Å². The average molecular weight is 703 g/mol. The highest BCUT2D eigenvalue weighted by molar-refractivity contribution is 14.2. The zero-order chi connectivity index (χ0) is 13.6. The van der Waals surface area contributed by atoms with E-state index >= 15 is 0 Å². The molecule has 0 aromatic carbocycles. The number of nitrogens with zero attached hydrogens (tertiary/aromatic N) is 2. The fraction of sp³-hybridized carbons (Fsp3) is 0.308. The lowest BCUT2D eigenvalue weighted by Crippen LogP contribution is -2.26. The van der Waals surface area contributed by atoms with E-state index in [9.17, 15) is 0 Å². The summed E-state index contributed by atoms with van der Waals surface area (Å²) in [6, 6.07) is 0. The van der Waals surface area contributed by atoms with Crippen molar-refractivity contribution in [3.63, 3.8) is 0 Å². The quantitative estimate of drug-likeness (QED) is 0.195. The summed E-state index contributed by atoms with van der Waals surface area (Å²) in [7, 11) is 0. The first-order valence-corrected chi connectivity index (χ1v) is 9.81. The van der Waals surface area contributed by atoms with Gasteiger partial charge >= 0.3 is 45.7 Å². The summed E-state index contributed by atoms with van der Waals surface area (Å²) >= 11 is 9.42. The van der Waals surface area contributed by atoms with Gasteiger partial charge in [-0.2, -0.15) is 0 Å². The Hall–Kier alpha value is 1.35. The van der Waals surface area contributed by atoms with Crippen molar-refractivity contribution in [2.45, 2.75) is 19.3 Å². The fourth-order valence-corrected chi connectivity index (χ4v) is 4.18. The third-order valence-electron chi connectivity index (χ3n) is 3.71. The highest BCUT2D eigenvalue weighted by Crippen LogP contribution is 2.45. The van der Waals surface area contributed by atoms with Gasteiger partial charge in [0.1, 0.15) is 0 Å². The molecular weight excluding hydrogens is 692 g/mol. The van der Waals surface area contributed by atoms with Crippen molar-refractivity contribution < 1.29 is 1.00 Å². The van der Waals surface area contributed by atoms with Gasteiger partial charge in [-0.05, 0) is 18.1 Å². The van der Waals surface area contributed by atoms with E-state index in [-0.39, 0.29) is 0 Å². The molecule has 0 spiro atoms. The van der Waals surface area contributed by atoms with Crippen molar-refractivity contribution in [2.24, 2.45) is 5.92 Å². The number of allylic oxidation sites excluding steroid dienone is 7. The average Bonchev–Trinajstić information content (AvgIpc) is 2.38. The van der Waals surface area contributed by atoms with Gasteiger partial charge in [-0.1, -0.05) is 23.3 Å². The Labute approximate surface area is 169 Å². The molecule has 0 saturated carbocycles. The van der Waals surface area contributed by atoms with Gasteiger partial charge in [0.15, 0.2) is 5.71 Å². The van der Waals surface area contributed by atoms with Gasteiger partial charge in [-0.3, -0.25) is 1.33 Å². The monoisotopic (exact) mass is 703 g/mol. The standard InChI is InChI=1S/C13H11I4N2/c14-18(15)11-4-8-2-1-3-9-5-12(19(16)17)7-10(6-11)13(8)9/h2-3,6-7,13H,1,4-5H2/q+1. The molecular formula is C13H11I4N2+. The highest BCUT2D eigenvalue weighted by atomic mass is 127. The molecule has 100 valence electrons. The number of hydrogen-bond donors (Lipinski definition) is 0. The molecule has 1 unspecified atom stereocenters. The van der Waals surface area contributed by atoms with Crippen LogP contribution in [0.1, 0.15) is 19.3 Å². The van der Waals surface area contributed by atoms with Gasteiger partial charge < -0.3 is 0 Å². The molecule has 0 amide bonds. The Bertz CT molecular complexity index is 577. The second-order valence-electron chi connectivity index (χ2n) is 4.82. The van der Waals surface area contributed by atoms with E-state index in [0.717, 1.165) is 19.3 Å². The minimum absolute atomic E-state index is 0.557. The van der Waals surface area contributed by atoms with Crippen LogP contribution >= 0.6 is 91.5 Å². The first-order valence-electron chi connectivity index (χ1n) is 5.95. The highest BCUT2D eigenvalue weighted by Gasteiger charge is 2.35. The molecule has 3 rings (SSSR count). The largest absolute Gasteiger partial charge is 0.357 e. The van der Waals surface area contributed by atoms with Crippen molar-refractivity contribution in [1.29, 1.82) is 0 Å². The predicted octanol–water partition coefficient (Wildman–Crippen LogP) is 5.63. The van der Waals surface area contributed by atoms with Crippen LogP contribution in [0.3, 0.4) is 0 Å². The number of hydrogen-bond acceptors (Lipinski definition) is 1. The van der Waals surface area contributed by atoms with Gasteiger partial charge in [0.2, 0.25) is 0 Å². The fourth-order valence-electron chi connectivity index (χ4n) is 2.94. The summed E-state index contributed by atoms with van der Waals surface area (Å²) in [6.07, 6.45) is 12.9. The van der Waals surface area contributed by atoms with Crippen molar-refractivity contribution in [3.05, 3.63) is 46.7 Å². The molecule has 3 aliphatic carbocycles. The van der Waals surface area contributed by atoms with E-state index in [1.807, 2.05) is 0 Å². The molecule has 1 atom stereocenters. The summed E-state index contributed by atoms with van der Waals surface area (Å²) in [5.74, 6) is 0.557. The molecule has 0 saturated heterocycles. The minimum Gasteiger partial charge on any atom is -0.259 e. The predicted molar refractivity (Wildman–Crippen MR) is 113 cm³/mol. The summed E-state index contributed by atoms with van der Waals surface area (Å²) < 4.78 is 4.37. The van der Waals surface area contributed by atoms with Crippen LogP contribution in [0, 0.1) is 5.92 Å². The summed E-state index contributed by atoms with van der Waals surface area (Å²) in [4.78, 5) is 0. The molecule has 19 heavy (non-hydrogen) atoms. The molecule has 0 bridgehead atoms. The maximum atomic E-state index is 2.42. The van der Waals surface area contributed by atoms with Crippen molar-refractivity contribution in [2.75, 3.05) is 0 Å². The smallest absolute Gasteiger partial charge is 0.259 e. The lowest BCUT2D eigenvalue weighted by molar-refractivity contribution is -0.000281. The summed E-state index contributed by atoms with van der Waals surface area (Å²) in [5, 5.41) is 0. The zero-order valence-corrected chi connectivity index (χ0v) is 18.5. The van der Waals surface area contributed by atoms with Gasteiger partial charge in [-0.25, -0.2) is 0 Å². The maximum Gasteiger partial charge on any atom is 0.357 e. The van der Waals surface area contributed by atoms with E-state index in [0.29, 0.717) is 5.92 Å². The van der Waals surface area contributed by atoms with Crippen molar-refractivity contribution in [1.82, 2.24) is 1.33 Å². The third kappa shape index (κ3) is 3.10. The van der Waals surface area contributed by atoms with E-state index < -0.39 is 0 Å². The number of rotatable bonds is 1. The Morgan fingerprint density at radius 1 is 1.05 bits per heavy atom. The van der Waals surface area contributed by atoms with E-state index in [1.165, 1.54) is 17.0 Å². The van der Waals surface area contributed by atoms with Crippen LogP contribution in [0.15, 0.2) is 46.7 Å². The molecule has 0 N–H and O–H groups in total. The Morgan fingerprint density at radius 2 is 1.74 bits per heavy atom. The lowest BCUT2D eigenvalue weighted by Gasteiger charge is -2.35. The molecule has 0 fully saturated rings. The second-order valence-corrected chi connectivity index (χ2v) is 12.4. The van der Waals surface area contributed by atoms with Crippen LogP contribution in [0.4, 0.5) is 0 Å². The van der Waals surface area contributed by atoms with Gasteiger partial charge in [0, 0.05) is 24.1 Å². The SMILES string of the molecule is IN(I)C1=CC2=CC(=[N+](I)I)CC3=CCC=C(C1)C23. The Morgan fingerprint density at radius 3 is 2.37 bits per heavy atom. The topological polar surface area (TPSA) is 6.25 Å². The molecule has 2 nitrogen and oxygen atoms in total. The second kappa shape index (κ2) is 6.23. The minimum atomic E-state index is 0.557. The van der Waals surface area contributed by atoms with Crippen LogP contribution in [0.2, 0.25) is 0 Å². The lowest BCUT2D eigenvalue weighted by atomic mass is 9.71. The molecule has 0 aromatic heterocycles. The van der Waals surface area contributed by atoms with E-state index in [2.05, 4.69) is 118 Å². The van der Waals surface area contributed by atoms with Crippen molar-refractivity contribution >= 4 is 97.2 Å². The molecule has 0 aromatic rings. The molecule has 0 radical (unpaired) electrons. The maximum absolute atomic E-state index is 2.42.